The fourth-order valence-electron chi connectivity index (χ4n) is 2.79. The molecule has 0 fully saturated rings. The summed E-state index contributed by atoms with van der Waals surface area (Å²) in [6, 6.07) is 13.6. The van der Waals surface area contributed by atoms with Crippen molar-refractivity contribution in [1.82, 2.24) is 4.90 Å². The molecular formula is C19H18N2O4. The van der Waals surface area contributed by atoms with Gasteiger partial charge in [0.2, 0.25) is 0 Å². The van der Waals surface area contributed by atoms with E-state index in [2.05, 4.69) is 0 Å². The molecule has 0 unspecified atom stereocenters. The molecule has 0 aromatic heterocycles. The van der Waals surface area contributed by atoms with Crippen molar-refractivity contribution in [2.24, 2.45) is 5.73 Å². The van der Waals surface area contributed by atoms with Gasteiger partial charge in [0.05, 0.1) is 23.3 Å². The number of unbranched alkanes of at least 4 members (excludes halogenated alkanes) is 1. The molecule has 128 valence electrons. The van der Waals surface area contributed by atoms with Crippen molar-refractivity contribution in [2.75, 3.05) is 13.2 Å². The zero-order valence-corrected chi connectivity index (χ0v) is 13.6. The van der Waals surface area contributed by atoms with Gasteiger partial charge in [-0.1, -0.05) is 24.3 Å². The topological polar surface area (TPSA) is 89.7 Å². The second-order valence-electron chi connectivity index (χ2n) is 5.72. The number of hydrogen-bond donors (Lipinski definition) is 1. The van der Waals surface area contributed by atoms with Crippen LogP contribution in [0.5, 0.6) is 5.75 Å². The number of carbonyl (C=O) groups is 3. The molecular weight excluding hydrogens is 320 g/mol. The number of benzene rings is 2. The number of nitrogens with zero attached hydrogens (tertiary/aromatic N) is 1. The predicted molar refractivity (Wildman–Crippen MR) is 91.5 cm³/mol. The number of imide groups is 1. The summed E-state index contributed by atoms with van der Waals surface area (Å²) in [5.41, 5.74) is 6.55. The number of ether oxygens (including phenoxy) is 1. The van der Waals surface area contributed by atoms with E-state index in [9.17, 15) is 14.4 Å². The van der Waals surface area contributed by atoms with E-state index in [1.807, 2.05) is 0 Å². The summed E-state index contributed by atoms with van der Waals surface area (Å²) in [5, 5.41) is 0. The third kappa shape index (κ3) is 3.38. The van der Waals surface area contributed by atoms with E-state index in [1.54, 1.807) is 48.5 Å². The molecule has 0 aliphatic carbocycles. The number of nitrogens with two attached hydrogens (primary N) is 1. The van der Waals surface area contributed by atoms with Crippen LogP contribution < -0.4 is 10.5 Å². The molecule has 0 atom stereocenters. The largest absolute Gasteiger partial charge is 0.493 e. The highest BCUT2D eigenvalue weighted by molar-refractivity contribution is 6.21. The van der Waals surface area contributed by atoms with Gasteiger partial charge in [-0.3, -0.25) is 19.3 Å². The molecule has 0 spiro atoms. The molecule has 0 saturated heterocycles. The smallest absolute Gasteiger partial charge is 0.261 e. The summed E-state index contributed by atoms with van der Waals surface area (Å²) in [6.07, 6.45) is 1.25. The highest BCUT2D eigenvalue weighted by atomic mass is 16.5. The third-order valence-corrected chi connectivity index (χ3v) is 4.06. The lowest BCUT2D eigenvalue weighted by Crippen LogP contribution is -2.30. The van der Waals surface area contributed by atoms with Gasteiger partial charge >= 0.3 is 0 Å². The third-order valence-electron chi connectivity index (χ3n) is 4.06. The lowest BCUT2D eigenvalue weighted by Gasteiger charge is -2.14. The van der Waals surface area contributed by atoms with E-state index in [-0.39, 0.29) is 11.8 Å². The van der Waals surface area contributed by atoms with Gasteiger partial charge in [0.1, 0.15) is 5.75 Å². The molecule has 3 rings (SSSR count). The SMILES string of the molecule is NC(=O)c1ccccc1OCCCCN1C(=O)c2ccccc2C1=O. The standard InChI is InChI=1S/C19H18N2O4/c20-17(22)15-9-3-4-10-16(15)25-12-6-5-11-21-18(23)13-7-1-2-8-14(13)19(21)24/h1-4,7-10H,5-6,11-12H2,(H2,20,22). The number of fused-ring (bicyclic) bond motifs is 1. The summed E-state index contributed by atoms with van der Waals surface area (Å²) >= 11 is 0. The Balaban J connectivity index is 1.50. The molecule has 6 heteroatoms. The Hall–Kier alpha value is -3.15. The average molecular weight is 338 g/mol. The molecule has 0 bridgehead atoms. The predicted octanol–water partition coefficient (Wildman–Crippen LogP) is 2.24. The minimum atomic E-state index is -0.540. The average Bonchev–Trinajstić information content (AvgIpc) is 2.87. The zero-order valence-electron chi connectivity index (χ0n) is 13.6. The Morgan fingerprint density at radius 1 is 0.920 bits per heavy atom. The fourth-order valence-corrected chi connectivity index (χ4v) is 2.79. The van der Waals surface area contributed by atoms with Crippen molar-refractivity contribution in [3.8, 4) is 5.75 Å². The summed E-state index contributed by atoms with van der Waals surface area (Å²) in [5.74, 6) is -0.599. The van der Waals surface area contributed by atoms with Crippen LogP contribution in [0, 0.1) is 0 Å². The van der Waals surface area contributed by atoms with Crippen molar-refractivity contribution in [1.29, 1.82) is 0 Å². The van der Waals surface area contributed by atoms with Gasteiger partial charge in [-0.05, 0) is 37.1 Å². The van der Waals surface area contributed by atoms with Crippen LogP contribution >= 0.6 is 0 Å². The summed E-state index contributed by atoms with van der Waals surface area (Å²) in [7, 11) is 0. The summed E-state index contributed by atoms with van der Waals surface area (Å²) < 4.78 is 5.59. The van der Waals surface area contributed by atoms with Crippen LogP contribution in [0.2, 0.25) is 0 Å². The number of primary amides is 1. The highest BCUT2D eigenvalue weighted by Crippen LogP contribution is 2.23. The molecule has 1 heterocycles. The molecule has 2 aromatic carbocycles. The van der Waals surface area contributed by atoms with Gasteiger partial charge < -0.3 is 10.5 Å². The van der Waals surface area contributed by atoms with Crippen molar-refractivity contribution in [3.05, 3.63) is 65.2 Å². The van der Waals surface area contributed by atoms with E-state index >= 15 is 0 Å². The molecule has 3 amide bonds. The maximum atomic E-state index is 12.2. The van der Waals surface area contributed by atoms with Crippen LogP contribution in [0.4, 0.5) is 0 Å². The van der Waals surface area contributed by atoms with E-state index in [4.69, 9.17) is 10.5 Å². The van der Waals surface area contributed by atoms with Gasteiger partial charge in [0.25, 0.3) is 17.7 Å². The first kappa shape index (κ1) is 16.7. The van der Waals surface area contributed by atoms with E-state index in [0.717, 1.165) is 0 Å². The van der Waals surface area contributed by atoms with Gasteiger partial charge in [-0.25, -0.2) is 0 Å². The number of para-hydroxylation sites is 1. The van der Waals surface area contributed by atoms with Crippen molar-refractivity contribution >= 4 is 17.7 Å². The molecule has 6 nitrogen and oxygen atoms in total. The van der Waals surface area contributed by atoms with Crippen LogP contribution in [0.3, 0.4) is 0 Å². The first-order valence-electron chi connectivity index (χ1n) is 8.06. The Morgan fingerprint density at radius 2 is 1.52 bits per heavy atom. The first-order chi connectivity index (χ1) is 12.1. The van der Waals surface area contributed by atoms with Crippen molar-refractivity contribution in [3.63, 3.8) is 0 Å². The summed E-state index contributed by atoms with van der Waals surface area (Å²) in [6.45, 7) is 0.709. The van der Waals surface area contributed by atoms with Gasteiger partial charge in [0, 0.05) is 6.54 Å². The van der Waals surface area contributed by atoms with Crippen LogP contribution in [0.1, 0.15) is 43.9 Å². The maximum absolute atomic E-state index is 12.2. The number of hydrogen-bond acceptors (Lipinski definition) is 4. The van der Waals surface area contributed by atoms with Crippen LogP contribution in [0.15, 0.2) is 48.5 Å². The van der Waals surface area contributed by atoms with Gasteiger partial charge in [-0.2, -0.15) is 0 Å². The van der Waals surface area contributed by atoms with Crippen molar-refractivity contribution in [2.45, 2.75) is 12.8 Å². The maximum Gasteiger partial charge on any atom is 0.261 e. The molecule has 2 N–H and O–H groups in total. The van der Waals surface area contributed by atoms with Crippen LogP contribution in [0.25, 0.3) is 0 Å². The second-order valence-corrected chi connectivity index (χ2v) is 5.72. The van der Waals surface area contributed by atoms with Crippen LogP contribution in [-0.4, -0.2) is 35.8 Å². The van der Waals surface area contributed by atoms with Crippen LogP contribution in [-0.2, 0) is 0 Å². The molecule has 1 aliphatic heterocycles. The number of rotatable bonds is 7. The Kier molecular flexibility index (Phi) is 4.79. The lowest BCUT2D eigenvalue weighted by molar-refractivity contribution is 0.0649. The first-order valence-corrected chi connectivity index (χ1v) is 8.06. The van der Waals surface area contributed by atoms with Gasteiger partial charge in [0.15, 0.2) is 0 Å². The Morgan fingerprint density at radius 3 is 2.16 bits per heavy atom. The molecule has 2 aromatic rings. The van der Waals surface area contributed by atoms with E-state index in [1.165, 1.54) is 4.90 Å². The van der Waals surface area contributed by atoms with Crippen molar-refractivity contribution < 1.29 is 19.1 Å². The molecule has 25 heavy (non-hydrogen) atoms. The van der Waals surface area contributed by atoms with E-state index in [0.29, 0.717) is 48.4 Å². The summed E-state index contributed by atoms with van der Waals surface area (Å²) in [4.78, 5) is 37.1. The minimum Gasteiger partial charge on any atom is -0.493 e. The second kappa shape index (κ2) is 7.17. The highest BCUT2D eigenvalue weighted by Gasteiger charge is 2.34. The normalized spacial score (nSPS) is 13.0. The lowest BCUT2D eigenvalue weighted by atomic mass is 10.1. The van der Waals surface area contributed by atoms with E-state index < -0.39 is 5.91 Å². The molecule has 0 saturated carbocycles. The number of amides is 3. The molecule has 1 aliphatic rings. The number of carbonyl (C=O) groups excluding carboxylic acids is 3. The Bertz CT molecular complexity index is 797. The fraction of sp³-hybridized carbons (Fsp3) is 0.211. The zero-order chi connectivity index (χ0) is 17.8. The minimum absolute atomic E-state index is 0.249. The van der Waals surface area contributed by atoms with Gasteiger partial charge in [-0.15, -0.1) is 0 Å². The monoisotopic (exact) mass is 338 g/mol. The Labute approximate surface area is 145 Å². The quantitative estimate of drug-likeness (QED) is 0.619. The molecule has 0 radical (unpaired) electrons.